The summed E-state index contributed by atoms with van der Waals surface area (Å²) in [6.45, 7) is 3.80. The number of benzene rings is 2. The van der Waals surface area contributed by atoms with E-state index in [9.17, 15) is 4.79 Å². The quantitative estimate of drug-likeness (QED) is 0.349. The number of carbonyl (C=O) groups excluding carboxylic acids is 1. The maximum Gasteiger partial charge on any atom is 0.249 e. The second kappa shape index (κ2) is 9.70. The van der Waals surface area contributed by atoms with Crippen LogP contribution in [0.2, 0.25) is 0 Å². The standard InChI is InChI=1S/C27H26N2O5/c1-16-8-9-28-26(10-16)29-27(30)11-17(2)19-13-21-22(15-34-25(21)14-24(19)33-5)20-12-18(31-3)6-7-23(20)32-4/h6-15H,1-5H3,(H,28,29,30)/b17-11+. The van der Waals surface area contributed by atoms with E-state index >= 15 is 0 Å². The maximum atomic E-state index is 12.6. The number of hydrogen-bond acceptors (Lipinski definition) is 6. The van der Waals surface area contributed by atoms with Crippen molar-refractivity contribution in [3.05, 3.63) is 72.1 Å². The number of nitrogens with one attached hydrogen (secondary N) is 1. The Bertz CT molecular complexity index is 1390. The van der Waals surface area contributed by atoms with Crippen molar-refractivity contribution in [2.75, 3.05) is 26.6 Å². The van der Waals surface area contributed by atoms with E-state index in [1.165, 1.54) is 6.08 Å². The van der Waals surface area contributed by atoms with E-state index in [1.807, 2.05) is 56.3 Å². The Morgan fingerprint density at radius 2 is 1.76 bits per heavy atom. The van der Waals surface area contributed by atoms with Gasteiger partial charge in [-0.2, -0.15) is 0 Å². The molecule has 2 aromatic carbocycles. The Kier molecular flexibility index (Phi) is 6.54. The van der Waals surface area contributed by atoms with Crippen molar-refractivity contribution < 1.29 is 23.4 Å². The van der Waals surface area contributed by atoms with Crippen LogP contribution in [0.1, 0.15) is 18.1 Å². The highest BCUT2D eigenvalue weighted by Crippen LogP contribution is 2.41. The number of pyridine rings is 1. The zero-order valence-electron chi connectivity index (χ0n) is 19.8. The molecule has 0 atom stereocenters. The Balaban J connectivity index is 1.76. The summed E-state index contributed by atoms with van der Waals surface area (Å²) in [6.07, 6.45) is 4.87. The Morgan fingerprint density at radius 1 is 0.971 bits per heavy atom. The summed E-state index contributed by atoms with van der Waals surface area (Å²) in [5.74, 6) is 2.22. The highest BCUT2D eigenvalue weighted by molar-refractivity contribution is 6.05. The number of furan rings is 1. The molecule has 0 unspecified atom stereocenters. The second-order valence-corrected chi connectivity index (χ2v) is 7.80. The van der Waals surface area contributed by atoms with Gasteiger partial charge in [-0.1, -0.05) is 0 Å². The molecular weight excluding hydrogens is 432 g/mol. The largest absolute Gasteiger partial charge is 0.497 e. The van der Waals surface area contributed by atoms with Crippen molar-refractivity contribution >= 4 is 28.3 Å². The number of anilines is 1. The van der Waals surface area contributed by atoms with Gasteiger partial charge in [-0.25, -0.2) is 4.98 Å². The lowest BCUT2D eigenvalue weighted by Crippen LogP contribution is -2.10. The van der Waals surface area contributed by atoms with E-state index in [4.69, 9.17) is 18.6 Å². The van der Waals surface area contributed by atoms with Gasteiger partial charge in [0.25, 0.3) is 0 Å². The van der Waals surface area contributed by atoms with E-state index < -0.39 is 0 Å². The minimum absolute atomic E-state index is 0.278. The van der Waals surface area contributed by atoms with Crippen molar-refractivity contribution in [1.29, 1.82) is 0 Å². The minimum atomic E-state index is -0.278. The van der Waals surface area contributed by atoms with Gasteiger partial charge >= 0.3 is 0 Å². The molecule has 0 aliphatic rings. The fraction of sp³-hybridized carbons (Fsp3) is 0.185. The van der Waals surface area contributed by atoms with Gasteiger partial charge in [-0.3, -0.25) is 4.79 Å². The molecule has 0 radical (unpaired) electrons. The first kappa shape index (κ1) is 22.9. The van der Waals surface area contributed by atoms with Gasteiger partial charge in [0, 0.05) is 40.4 Å². The molecule has 7 nitrogen and oxygen atoms in total. The number of hydrogen-bond donors (Lipinski definition) is 1. The lowest BCUT2D eigenvalue weighted by atomic mass is 9.98. The van der Waals surface area contributed by atoms with Gasteiger partial charge in [0.05, 0.1) is 27.6 Å². The van der Waals surface area contributed by atoms with Crippen molar-refractivity contribution in [3.8, 4) is 28.4 Å². The first-order chi connectivity index (χ1) is 16.4. The summed E-state index contributed by atoms with van der Waals surface area (Å²) in [4.78, 5) is 16.8. The average Bonchev–Trinajstić information content (AvgIpc) is 3.25. The molecule has 2 heterocycles. The van der Waals surface area contributed by atoms with Crippen molar-refractivity contribution in [1.82, 2.24) is 4.98 Å². The third kappa shape index (κ3) is 4.59. The minimum Gasteiger partial charge on any atom is -0.497 e. The van der Waals surface area contributed by atoms with Crippen LogP contribution < -0.4 is 19.5 Å². The van der Waals surface area contributed by atoms with Crippen LogP contribution >= 0.6 is 0 Å². The molecule has 2 aromatic heterocycles. The number of aryl methyl sites for hydroxylation is 1. The Labute approximate surface area is 198 Å². The Hall–Kier alpha value is -4.26. The number of carbonyl (C=O) groups is 1. The third-order valence-corrected chi connectivity index (χ3v) is 5.53. The Morgan fingerprint density at radius 3 is 2.47 bits per heavy atom. The van der Waals surface area contributed by atoms with Crippen LogP contribution in [0.4, 0.5) is 5.82 Å². The zero-order chi connectivity index (χ0) is 24.2. The molecule has 0 saturated carbocycles. The summed E-state index contributed by atoms with van der Waals surface area (Å²) in [6, 6.07) is 13.1. The molecule has 0 spiro atoms. The first-order valence-electron chi connectivity index (χ1n) is 10.7. The number of nitrogens with zero attached hydrogens (tertiary/aromatic N) is 1. The van der Waals surface area contributed by atoms with Crippen LogP contribution in [0.25, 0.3) is 27.7 Å². The maximum absolute atomic E-state index is 12.6. The van der Waals surface area contributed by atoms with Crippen LogP contribution in [0.5, 0.6) is 17.2 Å². The number of fused-ring (bicyclic) bond motifs is 1. The molecule has 174 valence electrons. The monoisotopic (exact) mass is 458 g/mol. The van der Waals surface area contributed by atoms with Crippen molar-refractivity contribution in [2.24, 2.45) is 0 Å². The van der Waals surface area contributed by atoms with Crippen molar-refractivity contribution in [2.45, 2.75) is 13.8 Å². The molecule has 1 amide bonds. The molecule has 0 saturated heterocycles. The highest BCUT2D eigenvalue weighted by atomic mass is 16.5. The lowest BCUT2D eigenvalue weighted by Gasteiger charge is -2.12. The lowest BCUT2D eigenvalue weighted by molar-refractivity contribution is -0.111. The van der Waals surface area contributed by atoms with E-state index in [1.54, 1.807) is 33.8 Å². The molecule has 4 rings (SSSR count). The summed E-state index contributed by atoms with van der Waals surface area (Å²) in [5, 5.41) is 3.66. The molecule has 4 aromatic rings. The van der Waals surface area contributed by atoms with E-state index in [2.05, 4.69) is 10.3 Å². The van der Waals surface area contributed by atoms with Crippen LogP contribution in [0.3, 0.4) is 0 Å². The third-order valence-electron chi connectivity index (χ3n) is 5.53. The van der Waals surface area contributed by atoms with E-state index in [-0.39, 0.29) is 5.91 Å². The van der Waals surface area contributed by atoms with Crippen LogP contribution in [0, 0.1) is 6.92 Å². The molecule has 0 fully saturated rings. The summed E-state index contributed by atoms with van der Waals surface area (Å²) in [7, 11) is 4.83. The van der Waals surface area contributed by atoms with Crippen LogP contribution in [0.15, 0.2) is 65.4 Å². The number of methoxy groups -OCH3 is 3. The molecule has 0 aliphatic carbocycles. The zero-order valence-corrected chi connectivity index (χ0v) is 19.8. The highest BCUT2D eigenvalue weighted by Gasteiger charge is 2.18. The predicted molar refractivity (Wildman–Crippen MR) is 133 cm³/mol. The smallest absolute Gasteiger partial charge is 0.249 e. The van der Waals surface area contributed by atoms with Gasteiger partial charge in [-0.15, -0.1) is 0 Å². The van der Waals surface area contributed by atoms with E-state index in [0.717, 1.165) is 33.2 Å². The molecular formula is C27H26N2O5. The summed E-state index contributed by atoms with van der Waals surface area (Å²) >= 11 is 0. The van der Waals surface area contributed by atoms with Gasteiger partial charge in [0.2, 0.25) is 5.91 Å². The van der Waals surface area contributed by atoms with Gasteiger partial charge in [0.1, 0.15) is 28.6 Å². The predicted octanol–water partition coefficient (Wildman–Crippen LogP) is 5.87. The fourth-order valence-corrected chi connectivity index (χ4v) is 3.81. The molecule has 7 heteroatoms. The average molecular weight is 459 g/mol. The van der Waals surface area contributed by atoms with Crippen LogP contribution in [-0.2, 0) is 4.79 Å². The fourth-order valence-electron chi connectivity index (χ4n) is 3.81. The normalized spacial score (nSPS) is 11.4. The van der Waals surface area contributed by atoms with Crippen molar-refractivity contribution in [3.63, 3.8) is 0 Å². The number of allylic oxidation sites excluding steroid dienone is 1. The SMILES string of the molecule is COc1ccc(OC)c(-c2coc3cc(OC)c(/C(C)=C/C(=O)Nc4cc(C)ccn4)cc23)c1. The summed E-state index contributed by atoms with van der Waals surface area (Å²) in [5.41, 5.74) is 4.85. The summed E-state index contributed by atoms with van der Waals surface area (Å²) < 4.78 is 22.4. The van der Waals surface area contributed by atoms with E-state index in [0.29, 0.717) is 28.6 Å². The second-order valence-electron chi connectivity index (χ2n) is 7.80. The first-order valence-corrected chi connectivity index (χ1v) is 10.7. The van der Waals surface area contributed by atoms with Gasteiger partial charge in [0.15, 0.2) is 0 Å². The molecule has 34 heavy (non-hydrogen) atoms. The molecule has 0 bridgehead atoms. The van der Waals surface area contributed by atoms with Crippen LogP contribution in [-0.4, -0.2) is 32.2 Å². The van der Waals surface area contributed by atoms with Gasteiger partial charge < -0.3 is 23.9 Å². The number of ether oxygens (including phenoxy) is 3. The number of rotatable bonds is 7. The molecule has 1 N–H and O–H groups in total. The topological polar surface area (TPSA) is 82.8 Å². The number of amides is 1. The molecule has 0 aliphatic heterocycles. The number of aromatic nitrogens is 1. The van der Waals surface area contributed by atoms with Gasteiger partial charge in [-0.05, 0) is 61.4 Å².